The number of carbonyl (C=O) groups is 2. The van der Waals surface area contributed by atoms with Crippen LogP contribution in [0.1, 0.15) is 36.2 Å². The molecular formula is C15H19N5O3. The van der Waals surface area contributed by atoms with E-state index in [-0.39, 0.29) is 12.3 Å². The lowest BCUT2D eigenvalue weighted by molar-refractivity contribution is -0.148. The first-order chi connectivity index (χ1) is 11.0. The summed E-state index contributed by atoms with van der Waals surface area (Å²) in [6, 6.07) is -0.680. The van der Waals surface area contributed by atoms with E-state index in [9.17, 15) is 14.7 Å². The molecule has 0 aliphatic carbocycles. The Bertz CT molecular complexity index is 770. The van der Waals surface area contributed by atoms with Gasteiger partial charge in [-0.25, -0.2) is 14.3 Å². The highest BCUT2D eigenvalue weighted by atomic mass is 16.4. The zero-order chi connectivity index (χ0) is 16.6. The van der Waals surface area contributed by atoms with Crippen LogP contribution in [0.15, 0.2) is 6.33 Å². The molecule has 3 rings (SSSR count). The quantitative estimate of drug-likeness (QED) is 0.893. The zero-order valence-corrected chi connectivity index (χ0v) is 13.2. The summed E-state index contributed by atoms with van der Waals surface area (Å²) in [4.78, 5) is 33.5. The van der Waals surface area contributed by atoms with E-state index in [4.69, 9.17) is 0 Å². The lowest BCUT2D eigenvalue weighted by atomic mass is 10.1. The highest BCUT2D eigenvalue weighted by Crippen LogP contribution is 2.20. The van der Waals surface area contributed by atoms with Crippen molar-refractivity contribution in [3.05, 3.63) is 23.3 Å². The van der Waals surface area contributed by atoms with Crippen molar-refractivity contribution in [1.82, 2.24) is 24.5 Å². The van der Waals surface area contributed by atoms with Crippen LogP contribution in [0.2, 0.25) is 0 Å². The summed E-state index contributed by atoms with van der Waals surface area (Å²) in [5, 5.41) is 13.3. The topological polar surface area (TPSA) is 101 Å². The summed E-state index contributed by atoms with van der Waals surface area (Å²) in [5.74, 6) is -0.498. The molecule has 1 aliphatic rings. The van der Waals surface area contributed by atoms with Crippen molar-refractivity contribution in [2.75, 3.05) is 6.54 Å². The summed E-state index contributed by atoms with van der Waals surface area (Å²) in [6.45, 7) is 4.33. The van der Waals surface area contributed by atoms with E-state index in [1.165, 1.54) is 11.2 Å². The van der Waals surface area contributed by atoms with Crippen LogP contribution in [0.25, 0.3) is 5.78 Å². The molecule has 0 unspecified atom stereocenters. The molecule has 3 heterocycles. The first-order valence-corrected chi connectivity index (χ1v) is 7.67. The number of carboxylic acid groups (broad SMARTS) is 1. The van der Waals surface area contributed by atoms with Gasteiger partial charge in [0, 0.05) is 24.4 Å². The van der Waals surface area contributed by atoms with Gasteiger partial charge in [0.05, 0.1) is 0 Å². The number of aryl methyl sites for hydroxylation is 2. The number of fused-ring (bicyclic) bond motifs is 1. The maximum absolute atomic E-state index is 12.4. The Hall–Kier alpha value is -2.51. The fraction of sp³-hybridized carbons (Fsp3) is 0.533. The van der Waals surface area contributed by atoms with Gasteiger partial charge in [0.15, 0.2) is 0 Å². The van der Waals surface area contributed by atoms with Crippen LogP contribution in [-0.2, 0) is 16.0 Å². The third-order valence-corrected chi connectivity index (χ3v) is 4.44. The largest absolute Gasteiger partial charge is 0.480 e. The Kier molecular flexibility index (Phi) is 3.97. The SMILES string of the molecule is Cc1nc2ncnn2c(C)c1CCC(=O)N1CCC[C@@H]1C(=O)O. The maximum Gasteiger partial charge on any atom is 0.326 e. The Balaban J connectivity index is 1.75. The molecule has 2 aromatic heterocycles. The summed E-state index contributed by atoms with van der Waals surface area (Å²) < 4.78 is 1.66. The highest BCUT2D eigenvalue weighted by Gasteiger charge is 2.33. The van der Waals surface area contributed by atoms with Gasteiger partial charge < -0.3 is 10.0 Å². The standard InChI is InChI=1S/C15H19N5O3/c1-9-11(10(2)20-15(18-9)16-8-17-20)5-6-13(21)19-7-3-4-12(19)14(22)23/h8,12H,3-7H2,1-2H3,(H,22,23)/t12-/m1/s1. The number of carbonyl (C=O) groups excluding carboxylic acids is 1. The van der Waals surface area contributed by atoms with Crippen LogP contribution >= 0.6 is 0 Å². The lowest BCUT2D eigenvalue weighted by Gasteiger charge is -2.21. The van der Waals surface area contributed by atoms with Gasteiger partial charge in [0.2, 0.25) is 5.91 Å². The Morgan fingerprint density at radius 1 is 1.39 bits per heavy atom. The van der Waals surface area contributed by atoms with E-state index in [0.29, 0.717) is 25.2 Å². The average molecular weight is 317 g/mol. The summed E-state index contributed by atoms with van der Waals surface area (Å²) >= 11 is 0. The fourth-order valence-electron chi connectivity index (χ4n) is 3.21. The van der Waals surface area contributed by atoms with Crippen molar-refractivity contribution in [2.24, 2.45) is 0 Å². The van der Waals surface area contributed by atoms with Gasteiger partial charge in [-0.1, -0.05) is 0 Å². The van der Waals surface area contributed by atoms with Crippen molar-refractivity contribution >= 4 is 17.7 Å². The molecule has 23 heavy (non-hydrogen) atoms. The molecule has 8 nitrogen and oxygen atoms in total. The van der Waals surface area contributed by atoms with Crippen LogP contribution in [0.3, 0.4) is 0 Å². The monoisotopic (exact) mass is 317 g/mol. The minimum absolute atomic E-state index is 0.118. The minimum atomic E-state index is -0.922. The number of amides is 1. The number of carboxylic acids is 1. The minimum Gasteiger partial charge on any atom is -0.480 e. The Morgan fingerprint density at radius 2 is 2.17 bits per heavy atom. The van der Waals surface area contributed by atoms with Crippen molar-refractivity contribution < 1.29 is 14.7 Å². The molecule has 0 radical (unpaired) electrons. The molecular weight excluding hydrogens is 298 g/mol. The molecule has 8 heteroatoms. The molecule has 1 aliphatic heterocycles. The lowest BCUT2D eigenvalue weighted by Crippen LogP contribution is -2.40. The Morgan fingerprint density at radius 3 is 2.91 bits per heavy atom. The number of hydrogen-bond acceptors (Lipinski definition) is 5. The van der Waals surface area contributed by atoms with Crippen molar-refractivity contribution in [2.45, 2.75) is 45.6 Å². The summed E-state index contributed by atoms with van der Waals surface area (Å²) in [6.07, 6.45) is 3.51. The van der Waals surface area contributed by atoms with Gasteiger partial charge in [-0.15, -0.1) is 0 Å². The van der Waals surface area contributed by atoms with Gasteiger partial charge in [-0.05, 0) is 38.7 Å². The predicted molar refractivity (Wildman–Crippen MR) is 80.9 cm³/mol. The van der Waals surface area contributed by atoms with E-state index in [1.54, 1.807) is 4.52 Å². The van der Waals surface area contributed by atoms with E-state index in [0.717, 1.165) is 23.4 Å². The van der Waals surface area contributed by atoms with Crippen LogP contribution < -0.4 is 0 Å². The van der Waals surface area contributed by atoms with Crippen molar-refractivity contribution in [1.29, 1.82) is 0 Å². The van der Waals surface area contributed by atoms with E-state index >= 15 is 0 Å². The molecule has 2 aromatic rings. The molecule has 0 aromatic carbocycles. The van der Waals surface area contributed by atoms with E-state index in [2.05, 4.69) is 15.1 Å². The number of rotatable bonds is 4. The zero-order valence-electron chi connectivity index (χ0n) is 13.2. The first kappa shape index (κ1) is 15.4. The first-order valence-electron chi connectivity index (χ1n) is 7.67. The van der Waals surface area contributed by atoms with Gasteiger partial charge in [-0.3, -0.25) is 4.79 Å². The van der Waals surface area contributed by atoms with Crippen LogP contribution in [-0.4, -0.2) is 54.1 Å². The highest BCUT2D eigenvalue weighted by molar-refractivity contribution is 5.84. The molecule has 0 spiro atoms. The number of aromatic nitrogens is 4. The van der Waals surface area contributed by atoms with Gasteiger partial charge in [0.1, 0.15) is 12.4 Å². The fourth-order valence-corrected chi connectivity index (χ4v) is 3.21. The van der Waals surface area contributed by atoms with E-state index < -0.39 is 12.0 Å². The second kappa shape index (κ2) is 5.94. The third kappa shape index (κ3) is 2.76. The number of nitrogens with zero attached hydrogens (tertiary/aromatic N) is 5. The molecule has 0 saturated carbocycles. The smallest absolute Gasteiger partial charge is 0.326 e. The van der Waals surface area contributed by atoms with E-state index in [1.807, 2.05) is 13.8 Å². The van der Waals surface area contributed by atoms with Crippen LogP contribution in [0.4, 0.5) is 0 Å². The average Bonchev–Trinajstić information content (AvgIpc) is 3.15. The normalized spacial score (nSPS) is 17.8. The van der Waals surface area contributed by atoms with Crippen LogP contribution in [0.5, 0.6) is 0 Å². The predicted octanol–water partition coefficient (Wildman–Crippen LogP) is 0.749. The third-order valence-electron chi connectivity index (χ3n) is 4.44. The molecule has 1 N–H and O–H groups in total. The van der Waals surface area contributed by atoms with Gasteiger partial charge in [-0.2, -0.15) is 10.1 Å². The number of aliphatic carboxylic acids is 1. The number of likely N-dealkylation sites (tertiary alicyclic amines) is 1. The summed E-state index contributed by atoms with van der Waals surface area (Å²) in [7, 11) is 0. The van der Waals surface area contributed by atoms with Crippen LogP contribution in [0, 0.1) is 13.8 Å². The van der Waals surface area contributed by atoms with Crippen molar-refractivity contribution in [3.8, 4) is 0 Å². The summed E-state index contributed by atoms with van der Waals surface area (Å²) in [5.41, 5.74) is 2.70. The second-order valence-corrected chi connectivity index (χ2v) is 5.82. The second-order valence-electron chi connectivity index (χ2n) is 5.82. The molecule has 0 bridgehead atoms. The van der Waals surface area contributed by atoms with Gasteiger partial charge in [0.25, 0.3) is 5.78 Å². The maximum atomic E-state index is 12.4. The number of hydrogen-bond donors (Lipinski definition) is 1. The molecule has 1 fully saturated rings. The molecule has 1 amide bonds. The molecule has 1 atom stereocenters. The Labute approximate surface area is 133 Å². The molecule has 1 saturated heterocycles. The van der Waals surface area contributed by atoms with Crippen molar-refractivity contribution in [3.63, 3.8) is 0 Å². The van der Waals surface area contributed by atoms with Gasteiger partial charge >= 0.3 is 5.97 Å². The molecule has 122 valence electrons.